The zero-order valence-electron chi connectivity index (χ0n) is 29.8. The number of aliphatic hydroxyl groups is 6. The maximum Gasteiger partial charge on any atom is 0.302 e. The van der Waals surface area contributed by atoms with E-state index in [1.807, 2.05) is 0 Å². The lowest BCUT2D eigenvalue weighted by molar-refractivity contribution is -0.307. The quantitative estimate of drug-likeness (QED) is 0.167. The molecule has 1 heterocycles. The average molecular weight is 667 g/mol. The van der Waals surface area contributed by atoms with Gasteiger partial charge in [-0.1, -0.05) is 34.6 Å². The Kier molecular flexibility index (Phi) is 8.87. The minimum absolute atomic E-state index is 0.0301. The molecule has 1 saturated heterocycles. The normalized spacial score (nSPS) is 51.5. The van der Waals surface area contributed by atoms with Crippen molar-refractivity contribution in [2.24, 2.45) is 50.7 Å². The van der Waals surface area contributed by atoms with E-state index in [9.17, 15) is 35.4 Å². The van der Waals surface area contributed by atoms with Crippen LogP contribution in [0, 0.1) is 50.7 Å². The van der Waals surface area contributed by atoms with Gasteiger partial charge in [-0.05, 0) is 116 Å². The molecule has 0 bridgehead atoms. The van der Waals surface area contributed by atoms with E-state index in [4.69, 9.17) is 14.2 Å². The van der Waals surface area contributed by atoms with Gasteiger partial charge >= 0.3 is 5.97 Å². The molecular weight excluding hydrogens is 604 g/mol. The highest BCUT2D eigenvalue weighted by Gasteiger charge is 2.85. The molecule has 0 aromatic rings. The molecular formula is C37H62O10. The van der Waals surface area contributed by atoms with Crippen molar-refractivity contribution in [2.45, 2.75) is 168 Å². The Labute approximate surface area is 280 Å². The molecule has 6 rings (SSSR count). The van der Waals surface area contributed by atoms with Gasteiger partial charge in [-0.15, -0.1) is 0 Å². The summed E-state index contributed by atoms with van der Waals surface area (Å²) in [4.78, 5) is 12.7. The first-order valence-corrected chi connectivity index (χ1v) is 18.2. The first kappa shape index (κ1) is 36.0. The third-order valence-corrected chi connectivity index (χ3v) is 15.4. The van der Waals surface area contributed by atoms with Gasteiger partial charge in [0.1, 0.15) is 24.4 Å². The highest BCUT2D eigenvalue weighted by molar-refractivity contribution is 5.66. The van der Waals surface area contributed by atoms with Crippen LogP contribution in [-0.4, -0.2) is 97.8 Å². The molecule has 10 nitrogen and oxygen atoms in total. The highest BCUT2D eigenvalue weighted by atomic mass is 16.7. The van der Waals surface area contributed by atoms with Gasteiger partial charge < -0.3 is 44.8 Å². The van der Waals surface area contributed by atoms with Crippen molar-refractivity contribution in [3.63, 3.8) is 0 Å². The van der Waals surface area contributed by atoms with E-state index in [0.29, 0.717) is 12.8 Å². The van der Waals surface area contributed by atoms with Gasteiger partial charge in [-0.25, -0.2) is 0 Å². The van der Waals surface area contributed by atoms with Gasteiger partial charge in [-0.3, -0.25) is 4.79 Å². The van der Waals surface area contributed by atoms with Crippen LogP contribution in [0.1, 0.15) is 113 Å². The van der Waals surface area contributed by atoms with E-state index in [1.165, 1.54) is 6.92 Å². The lowest BCUT2D eigenvalue weighted by atomic mass is 9.41. The topological polar surface area (TPSA) is 166 Å². The van der Waals surface area contributed by atoms with Gasteiger partial charge in [0.15, 0.2) is 6.29 Å². The smallest absolute Gasteiger partial charge is 0.302 e. The summed E-state index contributed by atoms with van der Waals surface area (Å²) in [5.41, 5.74) is -1.85. The minimum Gasteiger partial charge on any atom is -0.462 e. The molecule has 4 unspecified atom stereocenters. The van der Waals surface area contributed by atoms with E-state index in [-0.39, 0.29) is 70.1 Å². The summed E-state index contributed by atoms with van der Waals surface area (Å²) < 4.78 is 18.4. The Balaban J connectivity index is 1.28. The molecule has 10 heteroatoms. The second-order valence-electron chi connectivity index (χ2n) is 18.5. The van der Waals surface area contributed by atoms with E-state index < -0.39 is 47.8 Å². The van der Waals surface area contributed by atoms with Crippen LogP contribution >= 0.6 is 0 Å². The number of carbonyl (C=O) groups excluding carboxylic acids is 1. The Bertz CT molecular complexity index is 1200. The lowest BCUT2D eigenvalue weighted by Gasteiger charge is -2.64. The number of hydrogen-bond donors (Lipinski definition) is 6. The van der Waals surface area contributed by atoms with Crippen LogP contribution in [0.4, 0.5) is 0 Å². The van der Waals surface area contributed by atoms with E-state index in [1.54, 1.807) is 13.8 Å². The number of ether oxygens (including phenoxy) is 3. The molecule has 47 heavy (non-hydrogen) atoms. The Morgan fingerprint density at radius 2 is 1.64 bits per heavy atom. The van der Waals surface area contributed by atoms with Crippen LogP contribution in [0.25, 0.3) is 0 Å². The first-order chi connectivity index (χ1) is 21.7. The molecule has 6 fully saturated rings. The van der Waals surface area contributed by atoms with Crippen LogP contribution in [0.5, 0.6) is 0 Å². The largest absolute Gasteiger partial charge is 0.462 e. The fourth-order valence-electron chi connectivity index (χ4n) is 13.1. The SMILES string of the molecule is CC(=O)OC1C[C@@H]2[C@]3(CC[C@]4(C)[C@@H]([C@H](C)CCC(O)C(C)(C)O)C(O)C[C@@]24C)C[C@@]32CCC(O[C@@H]3OC[C@@H](O)[C@H](O)[C@H]3O)C(C)(C)[C@H]12. The third-order valence-electron chi connectivity index (χ3n) is 15.4. The lowest BCUT2D eigenvalue weighted by Crippen LogP contribution is -2.63. The molecule has 0 radical (unpaired) electrons. The third kappa shape index (κ3) is 5.20. The summed E-state index contributed by atoms with van der Waals surface area (Å²) in [6, 6.07) is 0. The first-order valence-electron chi connectivity index (χ1n) is 18.2. The van der Waals surface area contributed by atoms with E-state index in [2.05, 4.69) is 34.6 Å². The number of carbonyl (C=O) groups is 1. The molecule has 0 amide bonds. The highest BCUT2D eigenvalue weighted by Crippen LogP contribution is 2.89. The molecule has 0 aromatic carbocycles. The van der Waals surface area contributed by atoms with Crippen LogP contribution in [-0.2, 0) is 19.0 Å². The summed E-state index contributed by atoms with van der Waals surface area (Å²) in [7, 11) is 0. The molecule has 6 N–H and O–H groups in total. The van der Waals surface area contributed by atoms with Gasteiger partial charge in [0.05, 0.1) is 30.5 Å². The van der Waals surface area contributed by atoms with E-state index >= 15 is 0 Å². The summed E-state index contributed by atoms with van der Waals surface area (Å²) in [5, 5.41) is 63.7. The van der Waals surface area contributed by atoms with Crippen molar-refractivity contribution in [2.75, 3.05) is 6.61 Å². The van der Waals surface area contributed by atoms with Gasteiger partial charge in [0.25, 0.3) is 0 Å². The molecule has 270 valence electrons. The van der Waals surface area contributed by atoms with Gasteiger partial charge in [0, 0.05) is 12.8 Å². The van der Waals surface area contributed by atoms with Crippen LogP contribution < -0.4 is 0 Å². The second kappa shape index (κ2) is 11.6. The molecule has 5 aliphatic carbocycles. The standard InChI is InChI=1S/C37H62O10/c1-19(9-10-25(41)33(5,6)44)27-21(39)16-35(8)24-15-23(46-20(2)38)30-32(3,4)26(47-31-29(43)28(42)22(40)17-45-31)11-12-37(30)18-36(24,37)14-13-34(27,35)7/h19,21-31,39-44H,9-18H2,1-8H3/t19-,21?,22-,23?,24+,25?,26?,27+,28+,29-,30+,31+,34-,35+,36+,37-/m1/s1. The van der Waals surface area contributed by atoms with Crippen molar-refractivity contribution in [1.82, 2.24) is 0 Å². The Morgan fingerprint density at radius 3 is 2.28 bits per heavy atom. The summed E-state index contributed by atoms with van der Waals surface area (Å²) in [6.45, 7) is 16.0. The van der Waals surface area contributed by atoms with Crippen molar-refractivity contribution in [3.05, 3.63) is 0 Å². The maximum atomic E-state index is 12.7. The number of hydrogen-bond acceptors (Lipinski definition) is 10. The van der Waals surface area contributed by atoms with E-state index in [0.717, 1.165) is 44.9 Å². The summed E-state index contributed by atoms with van der Waals surface area (Å²) in [5.74, 6) is 0.237. The fraction of sp³-hybridized carbons (Fsp3) is 0.973. The van der Waals surface area contributed by atoms with Crippen LogP contribution in [0.15, 0.2) is 0 Å². The molecule has 2 spiro atoms. The molecule has 16 atom stereocenters. The second-order valence-corrected chi connectivity index (χ2v) is 18.5. The number of rotatable bonds is 8. The van der Waals surface area contributed by atoms with Crippen LogP contribution in [0.3, 0.4) is 0 Å². The average Bonchev–Trinajstić information content (AvgIpc) is 3.55. The predicted octanol–water partition coefficient (Wildman–Crippen LogP) is 3.31. The number of aliphatic hydroxyl groups excluding tert-OH is 5. The summed E-state index contributed by atoms with van der Waals surface area (Å²) >= 11 is 0. The Hall–Kier alpha value is -0.850. The maximum absolute atomic E-state index is 12.7. The number of fused-ring (bicyclic) bond motifs is 2. The zero-order valence-corrected chi connectivity index (χ0v) is 29.8. The van der Waals surface area contributed by atoms with Crippen LogP contribution in [0.2, 0.25) is 0 Å². The zero-order chi connectivity index (χ0) is 34.7. The molecule has 6 aliphatic rings. The number of esters is 1. The van der Waals surface area contributed by atoms with Crippen molar-refractivity contribution in [1.29, 1.82) is 0 Å². The van der Waals surface area contributed by atoms with Gasteiger partial charge in [-0.2, -0.15) is 0 Å². The molecule has 5 saturated carbocycles. The summed E-state index contributed by atoms with van der Waals surface area (Å²) in [6.07, 6.45) is 0.555. The predicted molar refractivity (Wildman–Crippen MR) is 173 cm³/mol. The minimum atomic E-state index is -1.36. The monoisotopic (exact) mass is 666 g/mol. The molecule has 1 aliphatic heterocycles. The molecule has 0 aromatic heterocycles. The van der Waals surface area contributed by atoms with Gasteiger partial charge in [0.2, 0.25) is 0 Å². The van der Waals surface area contributed by atoms with Crippen molar-refractivity contribution in [3.8, 4) is 0 Å². The van der Waals surface area contributed by atoms with Crippen molar-refractivity contribution >= 4 is 5.97 Å². The van der Waals surface area contributed by atoms with Crippen molar-refractivity contribution < 1.29 is 49.6 Å². The Morgan fingerprint density at radius 1 is 0.957 bits per heavy atom. The fourth-order valence-corrected chi connectivity index (χ4v) is 13.1.